The van der Waals surface area contributed by atoms with Crippen molar-refractivity contribution in [2.24, 2.45) is 11.8 Å². The number of nitrogens with one attached hydrogen (secondary N) is 1. The molecule has 0 radical (unpaired) electrons. The van der Waals surface area contributed by atoms with Gasteiger partial charge in [-0.05, 0) is 25.2 Å². The zero-order chi connectivity index (χ0) is 18.2. The molecule has 1 saturated heterocycles. The molecule has 1 N–H and O–H groups in total. The third-order valence-electron chi connectivity index (χ3n) is 4.80. The first-order valence-electron chi connectivity index (χ1n) is 8.39. The Bertz CT molecular complexity index is 674. The van der Waals surface area contributed by atoms with Gasteiger partial charge >= 0.3 is 6.18 Å². The molecule has 0 spiro atoms. The molecule has 0 bridgehead atoms. The maximum absolute atomic E-state index is 12.4. The van der Waals surface area contributed by atoms with Crippen LogP contribution in [0.15, 0.2) is 0 Å². The predicted molar refractivity (Wildman–Crippen MR) is 87.3 cm³/mol. The summed E-state index contributed by atoms with van der Waals surface area (Å²) >= 11 is 1.43. The number of amides is 2. The number of hydrogen-bond acceptors (Lipinski definition) is 4. The van der Waals surface area contributed by atoms with E-state index in [1.165, 1.54) is 16.2 Å². The first-order valence-corrected chi connectivity index (χ1v) is 9.20. The fourth-order valence-corrected chi connectivity index (χ4v) is 4.50. The lowest BCUT2D eigenvalue weighted by Gasteiger charge is -2.18. The minimum atomic E-state index is -4.45. The molecule has 25 heavy (non-hydrogen) atoms. The van der Waals surface area contributed by atoms with Gasteiger partial charge in [-0.15, -0.1) is 11.3 Å². The van der Waals surface area contributed by atoms with Crippen LogP contribution in [-0.2, 0) is 22.4 Å². The molecular formula is C16H20F3N3O2S. The number of thiazole rings is 1. The Balaban J connectivity index is 1.60. The molecule has 2 atom stereocenters. The number of nitrogens with zero attached hydrogens (tertiary/aromatic N) is 2. The first kappa shape index (κ1) is 18.2. The highest BCUT2D eigenvalue weighted by Crippen LogP contribution is 2.34. The van der Waals surface area contributed by atoms with E-state index < -0.39 is 30.5 Å². The molecule has 1 aromatic heterocycles. The van der Waals surface area contributed by atoms with Crippen LogP contribution in [0.5, 0.6) is 0 Å². The van der Waals surface area contributed by atoms with E-state index >= 15 is 0 Å². The quantitative estimate of drug-likeness (QED) is 0.880. The van der Waals surface area contributed by atoms with Crippen molar-refractivity contribution in [2.75, 3.05) is 18.4 Å². The molecule has 0 aromatic carbocycles. The normalized spacial score (nSPS) is 23.7. The third-order valence-corrected chi connectivity index (χ3v) is 5.84. The van der Waals surface area contributed by atoms with E-state index in [4.69, 9.17) is 0 Å². The predicted octanol–water partition coefficient (Wildman–Crippen LogP) is 3.01. The molecule has 2 amide bonds. The van der Waals surface area contributed by atoms with Crippen molar-refractivity contribution in [3.63, 3.8) is 0 Å². The molecule has 3 rings (SSSR count). The van der Waals surface area contributed by atoms with Gasteiger partial charge in [-0.3, -0.25) is 9.59 Å². The van der Waals surface area contributed by atoms with Gasteiger partial charge in [-0.2, -0.15) is 13.2 Å². The summed E-state index contributed by atoms with van der Waals surface area (Å²) in [7, 11) is 0. The number of rotatable bonds is 4. The Morgan fingerprint density at radius 3 is 2.84 bits per heavy atom. The van der Waals surface area contributed by atoms with Crippen LogP contribution in [0.4, 0.5) is 18.3 Å². The summed E-state index contributed by atoms with van der Waals surface area (Å²) in [5, 5.41) is 3.17. The van der Waals surface area contributed by atoms with Gasteiger partial charge in [0.1, 0.15) is 6.54 Å². The number of aryl methyl sites for hydroxylation is 1. The summed E-state index contributed by atoms with van der Waals surface area (Å²) in [6, 6.07) is 0. The SMILES string of the molecule is CCC1CCc2nc(NC(=O)C3CC(=O)N(CC(F)(F)F)C3)sc2C1. The number of hydrogen-bond donors (Lipinski definition) is 1. The van der Waals surface area contributed by atoms with Crippen molar-refractivity contribution in [1.29, 1.82) is 0 Å². The highest BCUT2D eigenvalue weighted by atomic mass is 32.1. The topological polar surface area (TPSA) is 62.3 Å². The zero-order valence-corrected chi connectivity index (χ0v) is 14.7. The van der Waals surface area contributed by atoms with Crippen molar-refractivity contribution in [2.45, 2.75) is 45.2 Å². The summed E-state index contributed by atoms with van der Waals surface area (Å²) in [5.41, 5.74) is 1.01. The van der Waals surface area contributed by atoms with Gasteiger partial charge in [-0.1, -0.05) is 13.3 Å². The van der Waals surface area contributed by atoms with E-state index in [-0.39, 0.29) is 13.0 Å². The van der Waals surface area contributed by atoms with E-state index in [1.807, 2.05) is 0 Å². The van der Waals surface area contributed by atoms with Gasteiger partial charge in [-0.25, -0.2) is 4.98 Å². The van der Waals surface area contributed by atoms with Crippen LogP contribution < -0.4 is 5.32 Å². The second-order valence-corrected chi connectivity index (χ2v) is 7.77. The molecule has 2 aliphatic rings. The summed E-state index contributed by atoms with van der Waals surface area (Å²) in [5.74, 6) is -1.20. The molecule has 5 nitrogen and oxygen atoms in total. The summed E-state index contributed by atoms with van der Waals surface area (Å²) in [4.78, 5) is 30.3. The number of anilines is 1. The van der Waals surface area contributed by atoms with Crippen LogP contribution in [0.1, 0.15) is 36.8 Å². The maximum atomic E-state index is 12.4. The monoisotopic (exact) mass is 375 g/mol. The molecule has 1 aromatic rings. The van der Waals surface area contributed by atoms with Crippen molar-refractivity contribution in [3.05, 3.63) is 10.6 Å². The Kier molecular flexibility index (Phi) is 5.04. The average Bonchev–Trinajstić information content (AvgIpc) is 3.08. The molecule has 138 valence electrons. The Hall–Kier alpha value is -1.64. The molecule has 2 unspecified atom stereocenters. The largest absolute Gasteiger partial charge is 0.406 e. The van der Waals surface area contributed by atoms with Crippen molar-refractivity contribution < 1.29 is 22.8 Å². The number of aromatic nitrogens is 1. The van der Waals surface area contributed by atoms with Gasteiger partial charge in [0.25, 0.3) is 0 Å². The lowest BCUT2D eigenvalue weighted by Crippen LogP contribution is -2.36. The Labute approximate surface area is 147 Å². The maximum Gasteiger partial charge on any atom is 0.406 e. The minimum Gasteiger partial charge on any atom is -0.333 e. The van der Waals surface area contributed by atoms with Crippen LogP contribution in [0, 0.1) is 11.8 Å². The van der Waals surface area contributed by atoms with E-state index in [2.05, 4.69) is 17.2 Å². The summed E-state index contributed by atoms with van der Waals surface area (Å²) < 4.78 is 37.3. The van der Waals surface area contributed by atoms with Gasteiger partial charge in [0.15, 0.2) is 5.13 Å². The fourth-order valence-electron chi connectivity index (χ4n) is 3.37. The van der Waals surface area contributed by atoms with Crippen LogP contribution in [0.3, 0.4) is 0 Å². The Morgan fingerprint density at radius 1 is 1.40 bits per heavy atom. The molecule has 0 saturated carbocycles. The summed E-state index contributed by atoms with van der Waals surface area (Å²) in [6.45, 7) is 0.649. The number of carbonyl (C=O) groups is 2. The smallest absolute Gasteiger partial charge is 0.333 e. The van der Waals surface area contributed by atoms with E-state index in [1.54, 1.807) is 0 Å². The number of halogens is 3. The second kappa shape index (κ2) is 6.93. The highest BCUT2D eigenvalue weighted by molar-refractivity contribution is 7.15. The van der Waals surface area contributed by atoms with Crippen LogP contribution in [-0.4, -0.2) is 41.0 Å². The molecule has 1 aliphatic heterocycles. The standard InChI is InChI=1S/C16H20F3N3O2S/c1-2-9-3-4-11-12(5-9)25-15(20-11)21-14(24)10-6-13(23)22(7-10)8-16(17,18)19/h9-10H,2-8H2,1H3,(H,20,21,24). The minimum absolute atomic E-state index is 0.190. The molecular weight excluding hydrogens is 355 g/mol. The van der Waals surface area contributed by atoms with Crippen molar-refractivity contribution >= 4 is 28.3 Å². The van der Waals surface area contributed by atoms with Crippen LogP contribution in [0.25, 0.3) is 0 Å². The number of carbonyl (C=O) groups excluding carboxylic acids is 2. The molecule has 9 heteroatoms. The highest BCUT2D eigenvalue weighted by Gasteiger charge is 2.40. The van der Waals surface area contributed by atoms with Gasteiger partial charge in [0.2, 0.25) is 11.8 Å². The molecule has 2 heterocycles. The Morgan fingerprint density at radius 2 is 2.16 bits per heavy atom. The average molecular weight is 375 g/mol. The third kappa shape index (κ3) is 4.31. The number of likely N-dealkylation sites (tertiary alicyclic amines) is 1. The van der Waals surface area contributed by atoms with Crippen molar-refractivity contribution in [3.8, 4) is 0 Å². The van der Waals surface area contributed by atoms with Gasteiger partial charge in [0, 0.05) is 17.8 Å². The lowest BCUT2D eigenvalue weighted by molar-refractivity contribution is -0.157. The van der Waals surface area contributed by atoms with E-state index in [0.717, 1.165) is 31.4 Å². The van der Waals surface area contributed by atoms with Gasteiger partial charge in [0.05, 0.1) is 11.6 Å². The number of fused-ring (bicyclic) bond motifs is 1. The van der Waals surface area contributed by atoms with Gasteiger partial charge < -0.3 is 10.2 Å². The van der Waals surface area contributed by atoms with Crippen molar-refractivity contribution in [1.82, 2.24) is 9.88 Å². The van der Waals surface area contributed by atoms with E-state index in [0.29, 0.717) is 15.9 Å². The van der Waals surface area contributed by atoms with Crippen LogP contribution >= 0.6 is 11.3 Å². The lowest BCUT2D eigenvalue weighted by atomic mass is 9.89. The summed E-state index contributed by atoms with van der Waals surface area (Å²) in [6.07, 6.45) is -0.597. The second-order valence-electron chi connectivity index (χ2n) is 6.69. The zero-order valence-electron chi connectivity index (χ0n) is 13.9. The first-order chi connectivity index (χ1) is 11.7. The molecule has 1 aliphatic carbocycles. The number of alkyl halides is 3. The molecule has 1 fully saturated rings. The van der Waals surface area contributed by atoms with E-state index in [9.17, 15) is 22.8 Å². The fraction of sp³-hybridized carbons (Fsp3) is 0.688. The van der Waals surface area contributed by atoms with Crippen LogP contribution in [0.2, 0.25) is 0 Å².